The number of hydrogen-bond acceptors (Lipinski definition) is 2. The van der Waals surface area contributed by atoms with Gasteiger partial charge < -0.3 is 10.3 Å². The lowest BCUT2D eigenvalue weighted by Gasteiger charge is -2.02. The zero-order chi connectivity index (χ0) is 12.7. The zero-order valence-electron chi connectivity index (χ0n) is 9.89. The first-order valence-electron chi connectivity index (χ1n) is 5.63. The van der Waals surface area contributed by atoms with Crippen molar-refractivity contribution < 1.29 is 0 Å². The van der Waals surface area contributed by atoms with Crippen molar-refractivity contribution in [3.05, 3.63) is 46.9 Å². The highest BCUT2D eigenvalue weighted by Gasteiger charge is 2.09. The highest BCUT2D eigenvalue weighted by atomic mass is 79.9. The van der Waals surface area contributed by atoms with E-state index >= 15 is 0 Å². The molecule has 0 unspecified atom stereocenters. The molecule has 0 saturated carbocycles. The largest absolute Gasteiger partial charge is 0.399 e. The van der Waals surface area contributed by atoms with E-state index in [9.17, 15) is 0 Å². The van der Waals surface area contributed by atoms with Crippen molar-refractivity contribution in [3.8, 4) is 11.4 Å². The van der Waals surface area contributed by atoms with E-state index in [1.807, 2.05) is 37.4 Å². The maximum absolute atomic E-state index is 5.79. The maximum Gasteiger partial charge on any atom is 0.140 e. The number of aromatic nitrogens is 2. The Labute approximate surface area is 113 Å². The number of halogens is 1. The molecular weight excluding hydrogens is 290 g/mol. The highest BCUT2D eigenvalue weighted by molar-refractivity contribution is 9.10. The lowest BCUT2D eigenvalue weighted by atomic mass is 10.2. The molecule has 3 aromatic rings. The van der Waals surface area contributed by atoms with Gasteiger partial charge in [-0.2, -0.15) is 0 Å². The third-order valence-corrected chi connectivity index (χ3v) is 3.54. The van der Waals surface area contributed by atoms with Crippen molar-refractivity contribution >= 4 is 32.7 Å². The van der Waals surface area contributed by atoms with Crippen LogP contribution in [0.4, 0.5) is 5.69 Å². The standard InChI is InChI=1S/C14H12BrN3/c1-18-13-7-6-11(16)8-12(13)17-14(18)9-2-4-10(15)5-3-9/h2-8H,16H2,1H3. The molecule has 0 aliphatic carbocycles. The summed E-state index contributed by atoms with van der Waals surface area (Å²) in [4.78, 5) is 4.64. The van der Waals surface area contributed by atoms with E-state index in [1.165, 1.54) is 0 Å². The minimum Gasteiger partial charge on any atom is -0.399 e. The van der Waals surface area contributed by atoms with E-state index in [0.29, 0.717) is 0 Å². The van der Waals surface area contributed by atoms with Crippen molar-refractivity contribution in [3.63, 3.8) is 0 Å². The van der Waals surface area contributed by atoms with Crippen molar-refractivity contribution in [1.29, 1.82) is 0 Å². The minimum atomic E-state index is 0.739. The monoisotopic (exact) mass is 301 g/mol. The second kappa shape index (κ2) is 4.14. The van der Waals surface area contributed by atoms with E-state index in [2.05, 4.69) is 37.6 Å². The van der Waals surface area contributed by atoms with Crippen LogP contribution >= 0.6 is 15.9 Å². The van der Waals surface area contributed by atoms with Crippen LogP contribution in [0.3, 0.4) is 0 Å². The second-order valence-electron chi connectivity index (χ2n) is 4.25. The third kappa shape index (κ3) is 1.78. The number of fused-ring (bicyclic) bond motifs is 1. The van der Waals surface area contributed by atoms with Gasteiger partial charge in [0.2, 0.25) is 0 Å². The molecule has 0 atom stereocenters. The van der Waals surface area contributed by atoms with Crippen molar-refractivity contribution in [2.75, 3.05) is 5.73 Å². The molecule has 3 nitrogen and oxygen atoms in total. The van der Waals surface area contributed by atoms with Crippen LogP contribution in [0.5, 0.6) is 0 Å². The molecule has 0 saturated heterocycles. The van der Waals surface area contributed by atoms with E-state index in [1.54, 1.807) is 0 Å². The number of nitrogens with zero attached hydrogens (tertiary/aromatic N) is 2. The topological polar surface area (TPSA) is 43.8 Å². The molecule has 18 heavy (non-hydrogen) atoms. The first kappa shape index (κ1) is 11.3. The summed E-state index contributed by atoms with van der Waals surface area (Å²) >= 11 is 3.44. The number of nitrogen functional groups attached to an aromatic ring is 1. The van der Waals surface area contributed by atoms with Gasteiger partial charge in [0, 0.05) is 22.8 Å². The predicted molar refractivity (Wildman–Crippen MR) is 78.3 cm³/mol. The van der Waals surface area contributed by atoms with Gasteiger partial charge in [-0.1, -0.05) is 28.1 Å². The van der Waals surface area contributed by atoms with Crippen LogP contribution in [0.15, 0.2) is 46.9 Å². The van der Waals surface area contributed by atoms with Gasteiger partial charge in [-0.25, -0.2) is 4.98 Å². The molecule has 0 spiro atoms. The number of benzene rings is 2. The van der Waals surface area contributed by atoms with Crippen molar-refractivity contribution in [2.45, 2.75) is 0 Å². The van der Waals surface area contributed by atoms with Crippen LogP contribution in [0.25, 0.3) is 22.4 Å². The Bertz CT molecular complexity index is 714. The average Bonchev–Trinajstić information content (AvgIpc) is 2.67. The molecule has 2 N–H and O–H groups in total. The first-order chi connectivity index (χ1) is 8.65. The second-order valence-corrected chi connectivity index (χ2v) is 5.17. The normalized spacial score (nSPS) is 11.0. The summed E-state index contributed by atoms with van der Waals surface area (Å²) in [6.07, 6.45) is 0. The van der Waals surface area contributed by atoms with Gasteiger partial charge in [0.25, 0.3) is 0 Å². The molecule has 0 bridgehead atoms. The summed E-state index contributed by atoms with van der Waals surface area (Å²) in [7, 11) is 2.02. The summed E-state index contributed by atoms with van der Waals surface area (Å²) in [5.74, 6) is 0.947. The fourth-order valence-corrected chi connectivity index (χ4v) is 2.34. The van der Waals surface area contributed by atoms with Gasteiger partial charge in [0.1, 0.15) is 5.82 Å². The molecule has 0 radical (unpaired) electrons. The number of nitrogens with two attached hydrogens (primary N) is 1. The molecule has 3 rings (SSSR count). The summed E-state index contributed by atoms with van der Waals surface area (Å²) in [5.41, 5.74) is 9.63. The van der Waals surface area contributed by atoms with Crippen LogP contribution in [0, 0.1) is 0 Å². The van der Waals surface area contributed by atoms with Gasteiger partial charge in [-0.3, -0.25) is 0 Å². The Balaban J connectivity index is 2.23. The van der Waals surface area contributed by atoms with Crippen LogP contribution in [0.1, 0.15) is 0 Å². The fraction of sp³-hybridized carbons (Fsp3) is 0.0714. The molecule has 1 aromatic heterocycles. The van der Waals surface area contributed by atoms with Crippen LogP contribution < -0.4 is 5.73 Å². The number of aryl methyl sites for hydroxylation is 1. The molecule has 4 heteroatoms. The zero-order valence-corrected chi connectivity index (χ0v) is 11.5. The highest BCUT2D eigenvalue weighted by Crippen LogP contribution is 2.25. The van der Waals surface area contributed by atoms with E-state index in [4.69, 9.17) is 5.73 Å². The van der Waals surface area contributed by atoms with Crippen LogP contribution in [-0.2, 0) is 7.05 Å². The Morgan fingerprint density at radius 1 is 1.11 bits per heavy atom. The molecule has 0 aliphatic rings. The molecule has 0 amide bonds. The predicted octanol–water partition coefficient (Wildman–Crippen LogP) is 3.59. The van der Waals surface area contributed by atoms with E-state index in [0.717, 1.165) is 32.6 Å². The number of anilines is 1. The quantitative estimate of drug-likeness (QED) is 0.698. The Hall–Kier alpha value is -1.81. The smallest absolute Gasteiger partial charge is 0.140 e. The van der Waals surface area contributed by atoms with Gasteiger partial charge in [0.05, 0.1) is 11.0 Å². The number of rotatable bonds is 1. The average molecular weight is 302 g/mol. The third-order valence-electron chi connectivity index (χ3n) is 3.01. The maximum atomic E-state index is 5.79. The molecule has 90 valence electrons. The van der Waals surface area contributed by atoms with Crippen molar-refractivity contribution in [2.24, 2.45) is 7.05 Å². The molecule has 0 aliphatic heterocycles. The van der Waals surface area contributed by atoms with Gasteiger partial charge in [-0.05, 0) is 30.3 Å². The fourth-order valence-electron chi connectivity index (χ4n) is 2.07. The summed E-state index contributed by atoms with van der Waals surface area (Å²) in [6.45, 7) is 0. The summed E-state index contributed by atoms with van der Waals surface area (Å²) in [6, 6.07) is 13.9. The van der Waals surface area contributed by atoms with Gasteiger partial charge in [0.15, 0.2) is 0 Å². The van der Waals surface area contributed by atoms with E-state index in [-0.39, 0.29) is 0 Å². The summed E-state index contributed by atoms with van der Waals surface area (Å²) < 4.78 is 3.15. The molecule has 1 heterocycles. The Morgan fingerprint density at radius 2 is 1.83 bits per heavy atom. The van der Waals surface area contributed by atoms with E-state index < -0.39 is 0 Å². The lowest BCUT2D eigenvalue weighted by Crippen LogP contribution is -1.92. The summed E-state index contributed by atoms with van der Waals surface area (Å²) in [5, 5.41) is 0. The van der Waals surface area contributed by atoms with Gasteiger partial charge >= 0.3 is 0 Å². The van der Waals surface area contributed by atoms with Crippen molar-refractivity contribution in [1.82, 2.24) is 9.55 Å². The van der Waals surface area contributed by atoms with Crippen LogP contribution in [0.2, 0.25) is 0 Å². The van der Waals surface area contributed by atoms with Crippen LogP contribution in [-0.4, -0.2) is 9.55 Å². The molecule has 0 fully saturated rings. The number of hydrogen-bond donors (Lipinski definition) is 1. The molecular formula is C14H12BrN3. The molecule has 2 aromatic carbocycles. The SMILES string of the molecule is Cn1c(-c2ccc(Br)cc2)nc2cc(N)ccc21. The Kier molecular flexibility index (Phi) is 2.59. The van der Waals surface area contributed by atoms with Gasteiger partial charge in [-0.15, -0.1) is 0 Å². The lowest BCUT2D eigenvalue weighted by molar-refractivity contribution is 0.959. The Morgan fingerprint density at radius 3 is 2.56 bits per heavy atom. The first-order valence-corrected chi connectivity index (χ1v) is 6.42. The minimum absolute atomic E-state index is 0.739. The number of imidazole rings is 1.